The Balaban J connectivity index is -0.000000614. The van der Waals surface area contributed by atoms with Crippen molar-refractivity contribution in [2.24, 2.45) is 0 Å². The Morgan fingerprint density at radius 3 is 1.43 bits per heavy atom. The predicted molar refractivity (Wildman–Crippen MR) is 156 cm³/mol. The van der Waals surface area contributed by atoms with Gasteiger partial charge in [-0.05, 0) is 64.7 Å². The van der Waals surface area contributed by atoms with Crippen molar-refractivity contribution in [3.05, 3.63) is 30.3 Å². The van der Waals surface area contributed by atoms with E-state index in [1.165, 1.54) is 4.90 Å². The maximum Gasteiger partial charge on any atom is 0.409 e. The van der Waals surface area contributed by atoms with Crippen LogP contribution in [0.4, 0.5) is 31.1 Å². The molecule has 11 nitrogen and oxygen atoms in total. The number of nitrogens with zero attached hydrogens (tertiary/aromatic N) is 2. The number of alkyl halides is 6. The SMILES string of the molecule is C.CCN(CC)C(=O)OCC(F)C(F)(F)S(=O)(=O)[O-].CCN(CC)C(=S)OCC(F)C(F)(F)S(=O)(=O)[O-].[SH2+]c1ccccc1. The number of hydrogen-bond acceptors (Lipinski definition) is 10. The van der Waals surface area contributed by atoms with E-state index >= 15 is 0 Å². The second kappa shape index (κ2) is 20.9. The molecule has 0 aliphatic carbocycles. The average Bonchev–Trinajstić information content (AvgIpc) is 2.91. The van der Waals surface area contributed by atoms with Gasteiger partial charge in [-0.1, -0.05) is 25.6 Å². The number of ether oxygens (including phenoxy) is 2. The summed E-state index contributed by atoms with van der Waals surface area (Å²) in [6.07, 6.45) is -7.74. The Bertz CT molecular complexity index is 1120. The van der Waals surface area contributed by atoms with Gasteiger partial charge in [-0.3, -0.25) is 0 Å². The van der Waals surface area contributed by atoms with E-state index < -0.39 is 62.4 Å². The Morgan fingerprint density at radius 1 is 0.818 bits per heavy atom. The molecule has 1 amide bonds. The fourth-order valence-electron chi connectivity index (χ4n) is 2.38. The lowest BCUT2D eigenvalue weighted by Gasteiger charge is -2.25. The molecule has 0 saturated carbocycles. The highest BCUT2D eigenvalue weighted by molar-refractivity contribution is 7.87. The molecule has 2 atom stereocenters. The van der Waals surface area contributed by atoms with Gasteiger partial charge >= 0.3 is 16.6 Å². The normalized spacial score (nSPS) is 12.9. The maximum absolute atomic E-state index is 13.0. The van der Waals surface area contributed by atoms with Crippen molar-refractivity contribution in [2.45, 2.75) is 62.9 Å². The largest absolute Gasteiger partial charge is 0.743 e. The summed E-state index contributed by atoms with van der Waals surface area (Å²) in [5.41, 5.74) is 0. The van der Waals surface area contributed by atoms with E-state index in [4.69, 9.17) is 0 Å². The molecule has 0 N–H and O–H groups in total. The summed E-state index contributed by atoms with van der Waals surface area (Å²) in [6, 6.07) is 9.96. The maximum atomic E-state index is 13.0. The number of hydrogen-bond donors (Lipinski definition) is 0. The van der Waals surface area contributed by atoms with Crippen molar-refractivity contribution in [1.29, 1.82) is 0 Å². The van der Waals surface area contributed by atoms with E-state index in [0.29, 0.717) is 13.1 Å². The van der Waals surface area contributed by atoms with Crippen molar-refractivity contribution >= 4 is 56.4 Å². The number of thiocarbonyl (C=S) groups is 1. The van der Waals surface area contributed by atoms with Gasteiger partial charge in [-0.15, -0.1) is 0 Å². The van der Waals surface area contributed by atoms with Gasteiger partial charge in [0.15, 0.2) is 20.2 Å². The topological polar surface area (TPSA) is 156 Å². The lowest BCUT2D eigenvalue weighted by Crippen LogP contribution is -2.42. The quantitative estimate of drug-likeness (QED) is 0.134. The Labute approximate surface area is 264 Å². The third kappa shape index (κ3) is 15.8. The molecule has 0 aliphatic heterocycles. The van der Waals surface area contributed by atoms with Crippen molar-refractivity contribution < 1.29 is 66.6 Å². The molecule has 21 heteroatoms. The predicted octanol–water partition coefficient (Wildman–Crippen LogP) is 3.74. The van der Waals surface area contributed by atoms with Gasteiger partial charge in [-0.25, -0.2) is 30.4 Å². The first-order valence-electron chi connectivity index (χ1n) is 12.1. The third-order valence-corrected chi connectivity index (χ3v) is 7.47. The van der Waals surface area contributed by atoms with Crippen molar-refractivity contribution in [2.75, 3.05) is 39.4 Å². The van der Waals surface area contributed by atoms with Crippen LogP contribution < -0.4 is 0 Å². The number of halogens is 6. The molecule has 44 heavy (non-hydrogen) atoms. The van der Waals surface area contributed by atoms with Crippen LogP contribution in [0.15, 0.2) is 35.2 Å². The van der Waals surface area contributed by atoms with E-state index in [9.17, 15) is 57.1 Å². The summed E-state index contributed by atoms with van der Waals surface area (Å²) in [6.45, 7) is 5.03. The highest BCUT2D eigenvalue weighted by Crippen LogP contribution is 2.28. The van der Waals surface area contributed by atoms with Gasteiger partial charge in [0.25, 0.3) is 5.17 Å². The minimum atomic E-state index is -6.14. The summed E-state index contributed by atoms with van der Waals surface area (Å²) in [5.74, 6) is 0. The fourth-order valence-corrected chi connectivity index (χ4v) is 3.66. The molecule has 0 radical (unpaired) electrons. The summed E-state index contributed by atoms with van der Waals surface area (Å²) in [7, 11) is -12.2. The van der Waals surface area contributed by atoms with Crippen LogP contribution in [0.3, 0.4) is 0 Å². The Hall–Kier alpha value is -2.07. The second-order valence-corrected chi connectivity index (χ2v) is 11.7. The standard InChI is InChI=1S/C8H14F3NO5S.C8H14F3NO4S2.C6H6S.CH4/c1-3-12(4-2)7(13)17-5-6(9)8(10,11)18(14,15)16;1-3-12(4-2)7(17)16-5-6(9)8(10,11)18(13,14)15;7-6-4-2-1-3-5-6;/h6H,3-5H2,1-2H3,(H,14,15,16);6H,3-5H2,1-2H3,(H,13,14,15);1-5,7H;1H4/p-1. The first-order chi connectivity index (χ1) is 19.5. The molecule has 0 saturated heterocycles. The van der Waals surface area contributed by atoms with Crippen molar-refractivity contribution in [3.63, 3.8) is 0 Å². The Kier molecular flexibility index (Phi) is 22.0. The number of carbonyl (C=O) groups excluding carboxylic acids is 1. The highest BCUT2D eigenvalue weighted by atomic mass is 32.2. The summed E-state index contributed by atoms with van der Waals surface area (Å²) in [5, 5.41) is -10.4. The zero-order chi connectivity index (χ0) is 34.2. The van der Waals surface area contributed by atoms with Crippen LogP contribution in [0, 0.1) is 0 Å². The van der Waals surface area contributed by atoms with E-state index in [-0.39, 0.29) is 25.7 Å². The lowest BCUT2D eigenvalue weighted by atomic mass is 10.4. The smallest absolute Gasteiger partial charge is 0.409 e. The van der Waals surface area contributed by atoms with Crippen LogP contribution in [0.2, 0.25) is 0 Å². The Morgan fingerprint density at radius 2 is 1.16 bits per heavy atom. The summed E-state index contributed by atoms with van der Waals surface area (Å²) < 4.78 is 146. The molecule has 1 aromatic rings. The fraction of sp³-hybridized carbons (Fsp3) is 0.652. The first-order valence-corrected chi connectivity index (χ1v) is 15.8. The highest BCUT2D eigenvalue weighted by Gasteiger charge is 2.49. The molecular weight excluding hydrogens is 691 g/mol. The van der Waals surface area contributed by atoms with E-state index in [2.05, 4.69) is 34.3 Å². The summed E-state index contributed by atoms with van der Waals surface area (Å²) >= 11 is 8.03. The zero-order valence-corrected chi connectivity index (χ0v) is 26.8. The van der Waals surface area contributed by atoms with Crippen LogP contribution in [0.1, 0.15) is 35.1 Å². The van der Waals surface area contributed by atoms with Gasteiger partial charge in [0.05, 0.1) is 0 Å². The molecule has 2 unspecified atom stereocenters. The second-order valence-electron chi connectivity index (χ2n) is 7.83. The molecule has 0 aromatic heterocycles. The van der Waals surface area contributed by atoms with E-state index in [1.54, 1.807) is 27.7 Å². The van der Waals surface area contributed by atoms with Gasteiger partial charge in [-0.2, -0.15) is 17.6 Å². The van der Waals surface area contributed by atoms with Crippen molar-refractivity contribution in [1.82, 2.24) is 9.80 Å². The van der Waals surface area contributed by atoms with Crippen LogP contribution in [-0.2, 0) is 42.3 Å². The number of rotatable bonds is 12. The van der Waals surface area contributed by atoms with Gasteiger partial charge < -0.3 is 28.4 Å². The summed E-state index contributed by atoms with van der Waals surface area (Å²) in [4.78, 5) is 14.8. The number of amides is 1. The number of benzene rings is 1. The lowest BCUT2D eigenvalue weighted by molar-refractivity contribution is -0.0347. The van der Waals surface area contributed by atoms with Gasteiger partial charge in [0, 0.05) is 26.2 Å². The van der Waals surface area contributed by atoms with E-state index in [1.807, 2.05) is 30.3 Å². The third-order valence-electron chi connectivity index (χ3n) is 4.92. The molecule has 0 heterocycles. The van der Waals surface area contributed by atoms with Crippen LogP contribution in [0.25, 0.3) is 0 Å². The van der Waals surface area contributed by atoms with Crippen LogP contribution in [0.5, 0.6) is 0 Å². The molecule has 0 fully saturated rings. The minimum absolute atomic E-state index is 0. The zero-order valence-electron chi connectivity index (χ0n) is 23.3. The molecule has 0 spiro atoms. The minimum Gasteiger partial charge on any atom is -0.743 e. The van der Waals surface area contributed by atoms with Crippen LogP contribution in [-0.4, -0.2) is 109 Å². The van der Waals surface area contributed by atoms with Gasteiger partial charge in [0.2, 0.25) is 12.3 Å². The molecular formula is C23H37F6N2O9S4-. The van der Waals surface area contributed by atoms with Gasteiger partial charge in [0.1, 0.15) is 18.1 Å². The van der Waals surface area contributed by atoms with Crippen LogP contribution >= 0.6 is 12.2 Å². The van der Waals surface area contributed by atoms with E-state index in [0.717, 1.165) is 9.80 Å². The first kappa shape index (κ1) is 46.3. The average molecular weight is 728 g/mol. The molecule has 1 aromatic carbocycles. The molecule has 0 aliphatic rings. The molecule has 1 rings (SSSR count). The monoisotopic (exact) mass is 727 g/mol. The number of carbonyl (C=O) groups is 1. The molecule has 260 valence electrons. The van der Waals surface area contributed by atoms with Crippen molar-refractivity contribution in [3.8, 4) is 0 Å². The molecule has 0 bridgehead atoms.